The summed E-state index contributed by atoms with van der Waals surface area (Å²) in [4.78, 5) is 11.5. The van der Waals surface area contributed by atoms with E-state index >= 15 is 0 Å². The summed E-state index contributed by atoms with van der Waals surface area (Å²) in [6, 6.07) is 3.84. The first-order valence-corrected chi connectivity index (χ1v) is 8.13. The Hall–Kier alpha value is -0.613. The number of nitrogens with two attached hydrogens (primary N) is 1. The van der Waals surface area contributed by atoms with E-state index in [2.05, 4.69) is 19.6 Å². The fourth-order valence-corrected chi connectivity index (χ4v) is 3.62. The maximum atomic E-state index is 10.8. The van der Waals surface area contributed by atoms with Gasteiger partial charge in [0.25, 0.3) is 5.91 Å². The Morgan fingerprint density at radius 2 is 2.00 bits per heavy atom. The Morgan fingerprint density at radius 1 is 1.42 bits per heavy atom. The number of carbonyl (C=O) groups is 1. The number of amides is 1. The minimum absolute atomic E-state index is 0.315. The van der Waals surface area contributed by atoms with Crippen molar-refractivity contribution in [3.63, 3.8) is 0 Å². The number of primary amides is 1. The van der Waals surface area contributed by atoms with E-state index in [1.54, 1.807) is 0 Å². The van der Waals surface area contributed by atoms with Gasteiger partial charge in [0.2, 0.25) is 0 Å². The lowest BCUT2D eigenvalue weighted by molar-refractivity contribution is 0.100. The zero-order chi connectivity index (χ0) is 9.35. The highest BCUT2D eigenvalue weighted by molar-refractivity contribution is 7.27. The van der Waals surface area contributed by atoms with Gasteiger partial charge in [-0.05, 0) is 10.6 Å². The molecule has 0 spiro atoms. The highest BCUT2D eigenvalue weighted by Gasteiger charge is 2.19. The van der Waals surface area contributed by atoms with Crippen LogP contribution in [0.5, 0.6) is 0 Å². The van der Waals surface area contributed by atoms with Gasteiger partial charge in [-0.15, -0.1) is 11.3 Å². The van der Waals surface area contributed by atoms with Gasteiger partial charge in [-0.1, -0.05) is 25.7 Å². The lowest BCUT2D eigenvalue weighted by Gasteiger charge is -2.11. The van der Waals surface area contributed by atoms with E-state index in [-0.39, 0.29) is 5.91 Å². The molecular formula is C8H13NOSSi. The average Bonchev–Trinajstić information content (AvgIpc) is 2.30. The smallest absolute Gasteiger partial charge is 0.258 e. The van der Waals surface area contributed by atoms with Gasteiger partial charge < -0.3 is 5.73 Å². The van der Waals surface area contributed by atoms with Crippen LogP contribution < -0.4 is 10.2 Å². The molecule has 1 heterocycles. The molecule has 0 radical (unpaired) electrons. The number of carbonyl (C=O) groups excluding carboxylic acids is 1. The molecule has 1 aromatic rings. The number of rotatable bonds is 2. The fraction of sp³-hybridized carbons (Fsp3) is 0.375. The molecule has 0 aromatic carbocycles. The second kappa shape index (κ2) is 3.03. The van der Waals surface area contributed by atoms with Gasteiger partial charge in [-0.2, -0.15) is 0 Å². The first kappa shape index (κ1) is 9.47. The van der Waals surface area contributed by atoms with E-state index in [0.717, 1.165) is 0 Å². The molecule has 66 valence electrons. The summed E-state index contributed by atoms with van der Waals surface area (Å²) < 4.78 is 1.33. The summed E-state index contributed by atoms with van der Waals surface area (Å²) in [5.74, 6) is -0.315. The molecular weight excluding hydrogens is 186 g/mol. The van der Waals surface area contributed by atoms with Crippen LogP contribution in [-0.4, -0.2) is 14.0 Å². The quantitative estimate of drug-likeness (QED) is 0.719. The first-order chi connectivity index (χ1) is 5.41. The van der Waals surface area contributed by atoms with E-state index in [4.69, 9.17) is 5.73 Å². The van der Waals surface area contributed by atoms with Crippen molar-refractivity contribution < 1.29 is 4.79 Å². The van der Waals surface area contributed by atoms with Gasteiger partial charge in [0.15, 0.2) is 0 Å². The minimum Gasteiger partial charge on any atom is -0.365 e. The van der Waals surface area contributed by atoms with Crippen LogP contribution in [0.3, 0.4) is 0 Å². The van der Waals surface area contributed by atoms with Gasteiger partial charge in [0, 0.05) is 0 Å². The second-order valence-electron chi connectivity index (χ2n) is 3.78. The van der Waals surface area contributed by atoms with E-state index < -0.39 is 8.07 Å². The van der Waals surface area contributed by atoms with Crippen molar-refractivity contribution in [3.8, 4) is 0 Å². The highest BCUT2D eigenvalue weighted by atomic mass is 32.1. The molecule has 0 aliphatic rings. The maximum absolute atomic E-state index is 10.8. The normalized spacial score (nSPS) is 11.6. The Morgan fingerprint density at radius 3 is 2.25 bits per heavy atom. The van der Waals surface area contributed by atoms with Crippen molar-refractivity contribution >= 4 is 29.8 Å². The van der Waals surface area contributed by atoms with Gasteiger partial charge in [0.1, 0.15) is 0 Å². The predicted molar refractivity (Wildman–Crippen MR) is 55.8 cm³/mol. The third-order valence-corrected chi connectivity index (χ3v) is 6.29. The first-order valence-electron chi connectivity index (χ1n) is 3.81. The molecule has 0 bridgehead atoms. The fourth-order valence-electron chi connectivity index (χ4n) is 0.873. The molecule has 1 aromatic heterocycles. The minimum atomic E-state index is -1.25. The second-order valence-corrected chi connectivity index (χ2v) is 10.3. The number of hydrogen-bond donors (Lipinski definition) is 1. The lowest BCUT2D eigenvalue weighted by atomic mass is 10.5. The van der Waals surface area contributed by atoms with Crippen LogP contribution in [0.25, 0.3) is 0 Å². The molecule has 2 N–H and O–H groups in total. The van der Waals surface area contributed by atoms with Crippen molar-refractivity contribution in [3.05, 3.63) is 17.0 Å². The summed E-state index contributed by atoms with van der Waals surface area (Å²) in [5.41, 5.74) is 5.16. The van der Waals surface area contributed by atoms with Crippen LogP contribution in [0.1, 0.15) is 9.67 Å². The van der Waals surface area contributed by atoms with Crippen molar-refractivity contribution in [1.82, 2.24) is 0 Å². The van der Waals surface area contributed by atoms with Gasteiger partial charge >= 0.3 is 0 Å². The topological polar surface area (TPSA) is 43.1 Å². The molecule has 4 heteroatoms. The molecule has 1 amide bonds. The summed E-state index contributed by atoms with van der Waals surface area (Å²) in [5, 5.41) is 0. The molecule has 0 saturated carbocycles. The summed E-state index contributed by atoms with van der Waals surface area (Å²) in [7, 11) is -1.25. The van der Waals surface area contributed by atoms with Gasteiger partial charge in [-0.25, -0.2) is 0 Å². The number of hydrogen-bond acceptors (Lipinski definition) is 2. The molecule has 0 saturated heterocycles. The SMILES string of the molecule is C[Si](C)(C)c1ccc(C(N)=O)s1. The van der Waals surface area contributed by atoms with Crippen LogP contribution in [0, 0.1) is 0 Å². The third kappa shape index (κ3) is 1.95. The van der Waals surface area contributed by atoms with E-state index in [0.29, 0.717) is 4.88 Å². The van der Waals surface area contributed by atoms with Crippen LogP contribution in [0.2, 0.25) is 19.6 Å². The Bertz CT molecular complexity index is 300. The standard InChI is InChI=1S/C8H13NOSSi/c1-12(2,3)7-5-4-6(11-7)8(9)10/h4-5H,1-3H3,(H2,9,10). The van der Waals surface area contributed by atoms with Crippen molar-refractivity contribution in [2.24, 2.45) is 5.73 Å². The predicted octanol–water partition coefficient (Wildman–Crippen LogP) is 1.39. The zero-order valence-corrected chi connectivity index (χ0v) is 9.37. The largest absolute Gasteiger partial charge is 0.365 e. The molecule has 2 nitrogen and oxygen atoms in total. The van der Waals surface area contributed by atoms with Crippen LogP contribution >= 0.6 is 11.3 Å². The molecule has 0 aliphatic heterocycles. The Labute approximate surface area is 77.4 Å². The van der Waals surface area contributed by atoms with E-state index in [1.165, 1.54) is 15.8 Å². The summed E-state index contributed by atoms with van der Waals surface area (Å²) in [6.45, 7) is 6.76. The highest BCUT2D eigenvalue weighted by Crippen LogP contribution is 2.12. The molecule has 1 rings (SSSR count). The average molecular weight is 199 g/mol. The lowest BCUT2D eigenvalue weighted by Crippen LogP contribution is -2.34. The summed E-state index contributed by atoms with van der Waals surface area (Å²) in [6.07, 6.45) is 0. The van der Waals surface area contributed by atoms with Crippen LogP contribution in [0.15, 0.2) is 12.1 Å². The van der Waals surface area contributed by atoms with Crippen molar-refractivity contribution in [1.29, 1.82) is 0 Å². The van der Waals surface area contributed by atoms with Crippen LogP contribution in [-0.2, 0) is 0 Å². The Kier molecular flexibility index (Phi) is 2.39. The van der Waals surface area contributed by atoms with E-state index in [9.17, 15) is 4.79 Å². The van der Waals surface area contributed by atoms with Gasteiger partial charge in [0.05, 0.1) is 13.0 Å². The monoisotopic (exact) mass is 199 g/mol. The van der Waals surface area contributed by atoms with Gasteiger partial charge in [-0.3, -0.25) is 4.79 Å². The van der Waals surface area contributed by atoms with Crippen molar-refractivity contribution in [2.75, 3.05) is 0 Å². The Balaban J connectivity index is 3.00. The molecule has 12 heavy (non-hydrogen) atoms. The van der Waals surface area contributed by atoms with E-state index in [1.807, 2.05) is 12.1 Å². The zero-order valence-electron chi connectivity index (χ0n) is 7.55. The molecule has 0 atom stereocenters. The molecule has 0 aliphatic carbocycles. The number of thiophene rings is 1. The van der Waals surface area contributed by atoms with Crippen LogP contribution in [0.4, 0.5) is 0 Å². The molecule has 0 fully saturated rings. The third-order valence-electron chi connectivity index (χ3n) is 1.59. The maximum Gasteiger partial charge on any atom is 0.258 e. The van der Waals surface area contributed by atoms with Crippen molar-refractivity contribution in [2.45, 2.75) is 19.6 Å². The summed E-state index contributed by atoms with van der Waals surface area (Å²) >= 11 is 1.54. The molecule has 0 unspecified atom stereocenters.